The highest BCUT2D eigenvalue weighted by Gasteiger charge is 2.46. The summed E-state index contributed by atoms with van der Waals surface area (Å²) in [7, 11) is 0. The summed E-state index contributed by atoms with van der Waals surface area (Å²) < 4.78 is 6.09. The highest BCUT2D eigenvalue weighted by Crippen LogP contribution is 2.38. The zero-order valence-corrected chi connectivity index (χ0v) is 12.5. The first-order chi connectivity index (χ1) is 8.70. The van der Waals surface area contributed by atoms with Gasteiger partial charge in [0.1, 0.15) is 0 Å². The van der Waals surface area contributed by atoms with Crippen molar-refractivity contribution in [1.29, 1.82) is 0 Å². The van der Waals surface area contributed by atoms with E-state index < -0.39 is 5.97 Å². The molecular formula is C15H27NO3. The van der Waals surface area contributed by atoms with Gasteiger partial charge in [0.25, 0.3) is 0 Å². The lowest BCUT2D eigenvalue weighted by Crippen LogP contribution is -2.49. The number of carbonyl (C=O) groups is 1. The van der Waals surface area contributed by atoms with E-state index in [9.17, 15) is 4.79 Å². The summed E-state index contributed by atoms with van der Waals surface area (Å²) in [6.45, 7) is 8.56. The van der Waals surface area contributed by atoms with Gasteiger partial charge >= 0.3 is 5.97 Å². The van der Waals surface area contributed by atoms with Gasteiger partial charge in [-0.3, -0.25) is 4.79 Å². The maximum Gasteiger partial charge on any atom is 0.306 e. The number of rotatable bonds is 3. The predicted molar refractivity (Wildman–Crippen MR) is 74.2 cm³/mol. The molecule has 1 saturated carbocycles. The number of hydrogen-bond acceptors (Lipinski definition) is 3. The molecule has 19 heavy (non-hydrogen) atoms. The molecule has 0 aromatic heterocycles. The van der Waals surface area contributed by atoms with Gasteiger partial charge in [0, 0.05) is 12.1 Å². The Hall–Kier alpha value is -0.610. The van der Waals surface area contributed by atoms with Crippen LogP contribution in [0.4, 0.5) is 0 Å². The van der Waals surface area contributed by atoms with Gasteiger partial charge in [0.05, 0.1) is 17.1 Å². The van der Waals surface area contributed by atoms with Crippen LogP contribution in [-0.4, -0.2) is 34.4 Å². The molecule has 1 saturated heterocycles. The van der Waals surface area contributed by atoms with E-state index in [4.69, 9.17) is 9.84 Å². The Labute approximate surface area is 115 Å². The van der Waals surface area contributed by atoms with Crippen molar-refractivity contribution in [2.24, 2.45) is 5.92 Å². The van der Waals surface area contributed by atoms with Crippen LogP contribution in [-0.2, 0) is 9.53 Å². The quantitative estimate of drug-likeness (QED) is 0.826. The minimum atomic E-state index is -0.635. The molecule has 1 unspecified atom stereocenters. The summed E-state index contributed by atoms with van der Waals surface area (Å²) in [6.07, 6.45) is 4.53. The lowest BCUT2D eigenvalue weighted by atomic mass is 9.84. The van der Waals surface area contributed by atoms with E-state index >= 15 is 0 Å². The van der Waals surface area contributed by atoms with Gasteiger partial charge in [-0.1, -0.05) is 0 Å². The predicted octanol–water partition coefficient (Wildman–Crippen LogP) is 2.57. The average Bonchev–Trinajstić information content (AvgIpc) is 2.47. The van der Waals surface area contributed by atoms with Crippen LogP contribution in [0.3, 0.4) is 0 Å². The van der Waals surface area contributed by atoms with Gasteiger partial charge in [0.15, 0.2) is 0 Å². The van der Waals surface area contributed by atoms with Crippen LogP contribution in [0.1, 0.15) is 59.8 Å². The van der Waals surface area contributed by atoms with Crippen molar-refractivity contribution < 1.29 is 14.6 Å². The highest BCUT2D eigenvalue weighted by molar-refractivity contribution is 5.70. The Kier molecular flexibility index (Phi) is 3.94. The normalized spacial score (nSPS) is 37.2. The molecule has 0 radical (unpaired) electrons. The van der Waals surface area contributed by atoms with E-state index in [0.29, 0.717) is 12.1 Å². The van der Waals surface area contributed by atoms with Crippen molar-refractivity contribution in [2.45, 2.75) is 83.1 Å². The molecule has 4 nitrogen and oxygen atoms in total. The Morgan fingerprint density at radius 2 is 1.74 bits per heavy atom. The Balaban J connectivity index is 1.88. The van der Waals surface area contributed by atoms with Gasteiger partial charge in [0.2, 0.25) is 0 Å². The topological polar surface area (TPSA) is 58.6 Å². The van der Waals surface area contributed by atoms with Crippen LogP contribution in [0.25, 0.3) is 0 Å². The van der Waals surface area contributed by atoms with Gasteiger partial charge in [-0.05, 0) is 59.8 Å². The lowest BCUT2D eigenvalue weighted by molar-refractivity contribution is -0.143. The van der Waals surface area contributed by atoms with Crippen LogP contribution >= 0.6 is 0 Å². The van der Waals surface area contributed by atoms with Crippen molar-refractivity contribution in [2.75, 3.05) is 0 Å². The first kappa shape index (κ1) is 14.8. The number of aliphatic carboxylic acids is 1. The molecule has 2 rings (SSSR count). The van der Waals surface area contributed by atoms with E-state index in [2.05, 4.69) is 33.0 Å². The molecule has 1 aliphatic heterocycles. The van der Waals surface area contributed by atoms with Crippen molar-refractivity contribution in [1.82, 2.24) is 5.32 Å². The SMILES string of the molecule is CC1(C)CC(NC2CCC(C(=O)O)CC2)C(C)(C)O1. The molecule has 4 heteroatoms. The van der Waals surface area contributed by atoms with Crippen LogP contribution in [0.15, 0.2) is 0 Å². The molecule has 0 aromatic carbocycles. The summed E-state index contributed by atoms with van der Waals surface area (Å²) in [6, 6.07) is 0.797. The molecule has 2 fully saturated rings. The molecular weight excluding hydrogens is 242 g/mol. The molecule has 2 aliphatic rings. The van der Waals surface area contributed by atoms with E-state index in [0.717, 1.165) is 32.1 Å². The van der Waals surface area contributed by atoms with Crippen LogP contribution in [0.5, 0.6) is 0 Å². The third kappa shape index (κ3) is 3.48. The third-order valence-corrected chi connectivity index (χ3v) is 4.59. The standard InChI is InChI=1S/C15H27NO3/c1-14(2)9-12(15(3,4)19-14)16-11-7-5-10(6-8-11)13(17)18/h10-12,16H,5-9H2,1-4H3,(H,17,18). The summed E-state index contributed by atoms with van der Waals surface area (Å²) in [5.41, 5.74) is -0.216. The van der Waals surface area contributed by atoms with Crippen LogP contribution in [0, 0.1) is 5.92 Å². The van der Waals surface area contributed by atoms with E-state index in [1.165, 1.54) is 0 Å². The minimum Gasteiger partial charge on any atom is -0.481 e. The molecule has 0 bridgehead atoms. The van der Waals surface area contributed by atoms with Gasteiger partial charge in [-0.15, -0.1) is 0 Å². The largest absolute Gasteiger partial charge is 0.481 e. The fraction of sp³-hybridized carbons (Fsp3) is 0.933. The van der Waals surface area contributed by atoms with E-state index in [1.807, 2.05) is 0 Å². The molecule has 2 N–H and O–H groups in total. The Bertz CT molecular complexity index is 343. The fourth-order valence-electron chi connectivity index (χ4n) is 3.61. The van der Waals surface area contributed by atoms with Crippen molar-refractivity contribution in [3.8, 4) is 0 Å². The Morgan fingerprint density at radius 1 is 1.16 bits per heavy atom. The number of carboxylic acids is 1. The van der Waals surface area contributed by atoms with Crippen molar-refractivity contribution in [3.05, 3.63) is 0 Å². The van der Waals surface area contributed by atoms with E-state index in [1.54, 1.807) is 0 Å². The number of hydrogen-bond donors (Lipinski definition) is 2. The Morgan fingerprint density at radius 3 is 2.16 bits per heavy atom. The zero-order valence-electron chi connectivity index (χ0n) is 12.5. The first-order valence-corrected chi connectivity index (χ1v) is 7.39. The van der Waals surface area contributed by atoms with Crippen LogP contribution in [0.2, 0.25) is 0 Å². The fourth-order valence-corrected chi connectivity index (χ4v) is 3.61. The van der Waals surface area contributed by atoms with Crippen molar-refractivity contribution >= 4 is 5.97 Å². The van der Waals surface area contributed by atoms with Gasteiger partial charge in [-0.25, -0.2) is 0 Å². The maximum absolute atomic E-state index is 11.0. The average molecular weight is 269 g/mol. The molecule has 1 atom stereocenters. The lowest BCUT2D eigenvalue weighted by Gasteiger charge is -2.34. The first-order valence-electron chi connectivity index (χ1n) is 7.39. The second-order valence-corrected chi connectivity index (χ2v) is 7.28. The van der Waals surface area contributed by atoms with Gasteiger partial charge < -0.3 is 15.2 Å². The molecule has 110 valence electrons. The summed E-state index contributed by atoms with van der Waals surface area (Å²) in [5, 5.41) is 12.7. The minimum absolute atomic E-state index is 0.0700. The second kappa shape index (κ2) is 5.06. The number of nitrogens with one attached hydrogen (secondary N) is 1. The number of ether oxygens (including phenoxy) is 1. The molecule has 0 spiro atoms. The van der Waals surface area contributed by atoms with E-state index in [-0.39, 0.29) is 17.1 Å². The molecule has 0 aromatic rings. The second-order valence-electron chi connectivity index (χ2n) is 7.28. The molecule has 0 amide bonds. The van der Waals surface area contributed by atoms with Gasteiger partial charge in [-0.2, -0.15) is 0 Å². The highest BCUT2D eigenvalue weighted by atomic mass is 16.5. The third-order valence-electron chi connectivity index (χ3n) is 4.59. The summed E-state index contributed by atoms with van der Waals surface area (Å²) in [5.74, 6) is -0.772. The molecule has 1 aliphatic carbocycles. The number of carboxylic acid groups (broad SMARTS) is 1. The zero-order chi connectivity index (χ0) is 14.3. The molecule has 1 heterocycles. The van der Waals surface area contributed by atoms with Crippen LogP contribution < -0.4 is 5.32 Å². The smallest absolute Gasteiger partial charge is 0.306 e. The summed E-state index contributed by atoms with van der Waals surface area (Å²) in [4.78, 5) is 11.0. The summed E-state index contributed by atoms with van der Waals surface area (Å²) >= 11 is 0. The monoisotopic (exact) mass is 269 g/mol. The maximum atomic E-state index is 11.0. The van der Waals surface area contributed by atoms with Crippen molar-refractivity contribution in [3.63, 3.8) is 0 Å².